The molecule has 0 saturated carbocycles. The van der Waals surface area contributed by atoms with E-state index in [1.165, 1.54) is 12.0 Å². The van der Waals surface area contributed by atoms with E-state index in [0.29, 0.717) is 40.6 Å². The van der Waals surface area contributed by atoms with Crippen LogP contribution < -0.4 is 19.7 Å². The smallest absolute Gasteiger partial charge is 0.282 e. The quantitative estimate of drug-likeness (QED) is 0.515. The highest BCUT2D eigenvalue weighted by Crippen LogP contribution is 2.39. The van der Waals surface area contributed by atoms with Crippen molar-refractivity contribution < 1.29 is 19.1 Å². The van der Waals surface area contributed by atoms with Gasteiger partial charge < -0.3 is 14.8 Å². The number of ether oxygens (including phenoxy) is 2. The number of benzene rings is 3. The van der Waals surface area contributed by atoms with Crippen molar-refractivity contribution in [2.24, 2.45) is 0 Å². The minimum Gasteiger partial charge on any atom is -0.495 e. The number of nitrogens with one attached hydrogen (secondary N) is 1. The van der Waals surface area contributed by atoms with Gasteiger partial charge in [-0.2, -0.15) is 0 Å². The number of hydrogen-bond donors (Lipinski definition) is 1. The van der Waals surface area contributed by atoms with Crippen LogP contribution in [-0.4, -0.2) is 25.5 Å². The molecule has 0 aromatic heterocycles. The van der Waals surface area contributed by atoms with Gasteiger partial charge in [0.1, 0.15) is 17.2 Å². The second-order valence-electron chi connectivity index (χ2n) is 7.79. The molecule has 0 atom stereocenters. The molecule has 33 heavy (non-hydrogen) atoms. The maximum atomic E-state index is 13.7. The number of methoxy groups -OCH3 is 1. The molecule has 4 rings (SSSR count). The topological polar surface area (TPSA) is 67.9 Å². The van der Waals surface area contributed by atoms with E-state index in [2.05, 4.69) is 5.32 Å². The summed E-state index contributed by atoms with van der Waals surface area (Å²) >= 11 is 0. The number of aryl methyl sites for hydroxylation is 2. The number of para-hydroxylation sites is 2. The Morgan fingerprint density at radius 1 is 0.848 bits per heavy atom. The number of amides is 2. The van der Waals surface area contributed by atoms with Gasteiger partial charge in [0.05, 0.1) is 30.7 Å². The van der Waals surface area contributed by atoms with Gasteiger partial charge in [0.2, 0.25) is 0 Å². The summed E-state index contributed by atoms with van der Waals surface area (Å²) in [7, 11) is 1.52. The van der Waals surface area contributed by atoms with E-state index in [9.17, 15) is 9.59 Å². The molecular formula is C27H26N2O4. The molecule has 3 aromatic carbocycles. The fraction of sp³-hybridized carbons (Fsp3) is 0.185. The van der Waals surface area contributed by atoms with Crippen LogP contribution in [0.25, 0.3) is 5.57 Å². The van der Waals surface area contributed by atoms with Crippen molar-refractivity contribution in [3.8, 4) is 11.5 Å². The second-order valence-corrected chi connectivity index (χ2v) is 7.79. The summed E-state index contributed by atoms with van der Waals surface area (Å²) in [5, 5.41) is 3.19. The Morgan fingerprint density at radius 3 is 2.24 bits per heavy atom. The number of imide groups is 1. The third-order valence-corrected chi connectivity index (χ3v) is 5.45. The van der Waals surface area contributed by atoms with Crippen LogP contribution in [0, 0.1) is 13.8 Å². The van der Waals surface area contributed by atoms with Gasteiger partial charge in [0, 0.05) is 0 Å². The first-order valence-electron chi connectivity index (χ1n) is 10.8. The fourth-order valence-corrected chi connectivity index (χ4v) is 3.81. The lowest BCUT2D eigenvalue weighted by Crippen LogP contribution is -2.32. The largest absolute Gasteiger partial charge is 0.495 e. The number of carbonyl (C=O) groups excluding carboxylic acids is 2. The van der Waals surface area contributed by atoms with Gasteiger partial charge >= 0.3 is 0 Å². The average Bonchev–Trinajstić information content (AvgIpc) is 3.05. The standard InChI is InChI=1S/C27H26N2O4/c1-5-33-22-9-7-6-8-20(22)28-25-24(19-13-10-17(2)11-14-19)26(30)29(27(25)31)21-16-18(3)12-15-23(21)32-4/h6-16,28H,5H2,1-4H3. The number of rotatable bonds is 7. The molecule has 0 saturated heterocycles. The zero-order chi connectivity index (χ0) is 23.5. The van der Waals surface area contributed by atoms with Crippen molar-refractivity contribution in [3.63, 3.8) is 0 Å². The van der Waals surface area contributed by atoms with Crippen LogP contribution in [0.15, 0.2) is 72.4 Å². The van der Waals surface area contributed by atoms with Crippen molar-refractivity contribution in [1.29, 1.82) is 0 Å². The third kappa shape index (κ3) is 4.20. The summed E-state index contributed by atoms with van der Waals surface area (Å²) in [6.45, 7) is 6.24. The summed E-state index contributed by atoms with van der Waals surface area (Å²) in [5.41, 5.74) is 4.14. The molecule has 2 amide bonds. The SMILES string of the molecule is CCOc1ccccc1NC1=C(c2ccc(C)cc2)C(=O)N(c2cc(C)ccc2OC)C1=O. The molecule has 0 radical (unpaired) electrons. The van der Waals surface area contributed by atoms with Gasteiger partial charge in [0.25, 0.3) is 11.8 Å². The molecule has 1 N–H and O–H groups in total. The predicted octanol–water partition coefficient (Wildman–Crippen LogP) is 5.11. The molecular weight excluding hydrogens is 416 g/mol. The van der Waals surface area contributed by atoms with Crippen LogP contribution in [0.3, 0.4) is 0 Å². The summed E-state index contributed by atoms with van der Waals surface area (Å²) in [6, 6.07) is 20.3. The Morgan fingerprint density at radius 2 is 1.55 bits per heavy atom. The van der Waals surface area contributed by atoms with Crippen LogP contribution in [0.2, 0.25) is 0 Å². The molecule has 6 nitrogen and oxygen atoms in total. The normalized spacial score (nSPS) is 13.5. The third-order valence-electron chi connectivity index (χ3n) is 5.45. The first-order valence-corrected chi connectivity index (χ1v) is 10.8. The van der Waals surface area contributed by atoms with Crippen molar-refractivity contribution in [2.75, 3.05) is 23.9 Å². The lowest BCUT2D eigenvalue weighted by atomic mass is 10.0. The van der Waals surface area contributed by atoms with E-state index < -0.39 is 11.8 Å². The van der Waals surface area contributed by atoms with Gasteiger partial charge in [-0.3, -0.25) is 9.59 Å². The highest BCUT2D eigenvalue weighted by molar-refractivity contribution is 6.46. The van der Waals surface area contributed by atoms with Crippen molar-refractivity contribution in [2.45, 2.75) is 20.8 Å². The fourth-order valence-electron chi connectivity index (χ4n) is 3.81. The highest BCUT2D eigenvalue weighted by Gasteiger charge is 2.41. The Labute approximate surface area is 193 Å². The molecule has 0 aliphatic carbocycles. The summed E-state index contributed by atoms with van der Waals surface area (Å²) < 4.78 is 11.2. The van der Waals surface area contributed by atoms with Gasteiger partial charge in [-0.15, -0.1) is 0 Å². The maximum Gasteiger partial charge on any atom is 0.282 e. The molecule has 1 heterocycles. The van der Waals surface area contributed by atoms with Crippen molar-refractivity contribution >= 4 is 28.8 Å². The molecule has 0 spiro atoms. The van der Waals surface area contributed by atoms with Crippen molar-refractivity contribution in [1.82, 2.24) is 0 Å². The van der Waals surface area contributed by atoms with Gasteiger partial charge in [0.15, 0.2) is 0 Å². The second kappa shape index (κ2) is 9.20. The predicted molar refractivity (Wildman–Crippen MR) is 130 cm³/mol. The Hall–Kier alpha value is -4.06. The Balaban J connectivity index is 1.86. The van der Waals surface area contributed by atoms with Crippen LogP contribution >= 0.6 is 0 Å². The van der Waals surface area contributed by atoms with Crippen LogP contribution in [0.1, 0.15) is 23.6 Å². The molecule has 0 unspecified atom stereocenters. The first-order chi connectivity index (χ1) is 15.9. The van der Waals surface area contributed by atoms with E-state index in [-0.39, 0.29) is 5.70 Å². The van der Waals surface area contributed by atoms with Gasteiger partial charge in [-0.05, 0) is 56.2 Å². The average molecular weight is 443 g/mol. The zero-order valence-corrected chi connectivity index (χ0v) is 19.1. The maximum absolute atomic E-state index is 13.7. The molecule has 0 fully saturated rings. The summed E-state index contributed by atoms with van der Waals surface area (Å²) in [5.74, 6) is 0.180. The van der Waals surface area contributed by atoms with Gasteiger partial charge in [-0.25, -0.2) is 4.90 Å². The number of anilines is 2. The number of hydrogen-bond acceptors (Lipinski definition) is 5. The van der Waals surface area contributed by atoms with Crippen molar-refractivity contribution in [3.05, 3.63) is 89.1 Å². The summed E-state index contributed by atoms with van der Waals surface area (Å²) in [6.07, 6.45) is 0. The van der Waals surface area contributed by atoms with E-state index in [4.69, 9.17) is 9.47 Å². The molecule has 1 aliphatic rings. The summed E-state index contributed by atoms with van der Waals surface area (Å²) in [4.78, 5) is 28.6. The number of nitrogens with zero attached hydrogens (tertiary/aromatic N) is 1. The molecule has 0 bridgehead atoms. The van der Waals surface area contributed by atoms with Gasteiger partial charge in [-0.1, -0.05) is 48.0 Å². The molecule has 6 heteroatoms. The lowest BCUT2D eigenvalue weighted by molar-refractivity contribution is -0.120. The van der Waals surface area contributed by atoms with Crippen LogP contribution in [0.4, 0.5) is 11.4 Å². The Bertz CT molecular complexity index is 1250. The molecule has 3 aromatic rings. The number of carbonyl (C=O) groups is 2. The minimum absolute atomic E-state index is 0.194. The molecule has 1 aliphatic heterocycles. The van der Waals surface area contributed by atoms with E-state index in [1.54, 1.807) is 12.1 Å². The van der Waals surface area contributed by atoms with E-state index >= 15 is 0 Å². The highest BCUT2D eigenvalue weighted by atomic mass is 16.5. The van der Waals surface area contributed by atoms with E-state index in [0.717, 1.165) is 11.1 Å². The van der Waals surface area contributed by atoms with E-state index in [1.807, 2.05) is 75.4 Å². The molecule has 168 valence electrons. The van der Waals surface area contributed by atoms with Crippen LogP contribution in [-0.2, 0) is 9.59 Å². The minimum atomic E-state index is -0.453. The Kier molecular flexibility index (Phi) is 6.18. The lowest BCUT2D eigenvalue weighted by Gasteiger charge is -2.19. The zero-order valence-electron chi connectivity index (χ0n) is 19.1. The first kappa shape index (κ1) is 22.1. The van der Waals surface area contributed by atoms with Crippen LogP contribution in [0.5, 0.6) is 11.5 Å². The monoisotopic (exact) mass is 442 g/mol.